The van der Waals surface area contributed by atoms with Crippen LogP contribution in [0.1, 0.15) is 37.8 Å². The lowest BCUT2D eigenvalue weighted by molar-refractivity contribution is -0.138. The monoisotopic (exact) mass is 409 g/mol. The van der Waals surface area contributed by atoms with Crippen LogP contribution in [-0.4, -0.2) is 31.1 Å². The average Bonchev–Trinajstić information content (AvgIpc) is 2.58. The maximum absolute atomic E-state index is 13.2. The highest BCUT2D eigenvalue weighted by Gasteiger charge is 2.37. The van der Waals surface area contributed by atoms with Crippen molar-refractivity contribution in [2.45, 2.75) is 44.6 Å². The molecule has 0 aliphatic heterocycles. The molecule has 0 heterocycles. The van der Waals surface area contributed by atoms with E-state index in [0.717, 1.165) is 12.1 Å². The lowest BCUT2D eigenvalue weighted by Crippen LogP contribution is -2.57. The van der Waals surface area contributed by atoms with Crippen LogP contribution in [0.2, 0.25) is 0 Å². The van der Waals surface area contributed by atoms with E-state index < -0.39 is 41.9 Å². The van der Waals surface area contributed by atoms with Crippen LogP contribution in [-0.2, 0) is 6.18 Å². The van der Waals surface area contributed by atoms with E-state index in [1.54, 1.807) is 6.92 Å². The molecule has 0 aliphatic carbocycles. The zero-order valence-corrected chi connectivity index (χ0v) is 15.5. The quantitative estimate of drug-likeness (QED) is 0.273. The van der Waals surface area contributed by atoms with Crippen molar-refractivity contribution < 1.29 is 26.3 Å². The second-order valence-corrected chi connectivity index (χ2v) is 6.14. The van der Waals surface area contributed by atoms with Crippen molar-refractivity contribution in [2.24, 2.45) is 4.99 Å². The minimum Gasteiger partial charge on any atom is -0.342 e. The van der Waals surface area contributed by atoms with Crippen molar-refractivity contribution in [3.63, 3.8) is 0 Å². The summed E-state index contributed by atoms with van der Waals surface area (Å²) in [4.78, 5) is 4.13. The number of hydrogen-bond acceptors (Lipinski definition) is 4. The summed E-state index contributed by atoms with van der Waals surface area (Å²) in [6.45, 7) is 3.29. The number of halogens is 6. The van der Waals surface area contributed by atoms with E-state index in [1.807, 2.05) is 0 Å². The number of rotatable bonds is 7. The van der Waals surface area contributed by atoms with Crippen molar-refractivity contribution in [1.29, 1.82) is 5.26 Å². The highest BCUT2D eigenvalue weighted by molar-refractivity contribution is 6.02. The third-order valence-corrected chi connectivity index (χ3v) is 3.86. The van der Waals surface area contributed by atoms with E-state index in [-0.39, 0.29) is 18.1 Å². The van der Waals surface area contributed by atoms with E-state index in [0.29, 0.717) is 0 Å². The molecule has 0 fully saturated rings. The number of aliphatic imine (C=N–C) groups is 1. The standard InChI is InChI=1S/C17H21F6N5/c1-4-26-14(15(2,28-25-3)7-8-16(18,19)20)27-12-6-5-11(10-24)13(9-12)17(21,22)23/h5-6,9,25,28H,4,7-8H2,1-3H3,(H,26,27). The van der Waals surface area contributed by atoms with Crippen molar-refractivity contribution in [3.05, 3.63) is 29.3 Å². The van der Waals surface area contributed by atoms with Gasteiger partial charge in [-0.25, -0.2) is 5.43 Å². The van der Waals surface area contributed by atoms with Crippen LogP contribution in [0.25, 0.3) is 0 Å². The van der Waals surface area contributed by atoms with Crippen molar-refractivity contribution in [3.8, 4) is 6.07 Å². The summed E-state index contributed by atoms with van der Waals surface area (Å²) in [7, 11) is 1.46. The fourth-order valence-electron chi connectivity index (χ4n) is 2.51. The highest BCUT2D eigenvalue weighted by Crippen LogP contribution is 2.34. The molecule has 3 N–H and O–H groups in total. The summed E-state index contributed by atoms with van der Waals surface area (Å²) in [6.07, 6.45) is -10.7. The van der Waals surface area contributed by atoms with Gasteiger partial charge in [0.15, 0.2) is 0 Å². The number of nitrogens with one attached hydrogen (secondary N) is 3. The number of hydrazine groups is 1. The van der Waals surface area contributed by atoms with Crippen LogP contribution < -0.4 is 16.2 Å². The van der Waals surface area contributed by atoms with E-state index in [1.165, 1.54) is 26.1 Å². The Morgan fingerprint density at radius 1 is 1.14 bits per heavy atom. The summed E-state index contributed by atoms with van der Waals surface area (Å²) in [6, 6.07) is 4.43. The molecule has 156 valence electrons. The lowest BCUT2D eigenvalue weighted by atomic mass is 9.94. The van der Waals surface area contributed by atoms with Gasteiger partial charge in [-0.15, -0.1) is 0 Å². The predicted molar refractivity (Wildman–Crippen MR) is 93.6 cm³/mol. The number of anilines is 1. The van der Waals surface area contributed by atoms with Gasteiger partial charge in [0.2, 0.25) is 0 Å². The fourth-order valence-corrected chi connectivity index (χ4v) is 2.51. The second-order valence-electron chi connectivity index (χ2n) is 6.14. The minimum absolute atomic E-state index is 0.0337. The van der Waals surface area contributed by atoms with Crippen LogP contribution in [0, 0.1) is 11.3 Å². The van der Waals surface area contributed by atoms with Crippen molar-refractivity contribution in [1.82, 2.24) is 10.9 Å². The molecule has 1 aromatic rings. The zero-order chi connectivity index (χ0) is 21.6. The van der Waals surface area contributed by atoms with E-state index in [2.05, 4.69) is 21.2 Å². The molecule has 5 nitrogen and oxygen atoms in total. The van der Waals surface area contributed by atoms with E-state index >= 15 is 0 Å². The first-order valence-corrected chi connectivity index (χ1v) is 8.30. The number of benzene rings is 1. The molecular weight excluding hydrogens is 388 g/mol. The Kier molecular flexibility index (Phi) is 7.84. The summed E-state index contributed by atoms with van der Waals surface area (Å²) in [5, 5.41) is 11.5. The summed E-state index contributed by atoms with van der Waals surface area (Å²) < 4.78 is 77.6. The number of hydrogen-bond donors (Lipinski definition) is 3. The lowest BCUT2D eigenvalue weighted by Gasteiger charge is -2.33. The summed E-state index contributed by atoms with van der Waals surface area (Å²) >= 11 is 0. The third kappa shape index (κ3) is 6.69. The number of alkyl halides is 6. The fraction of sp³-hybridized carbons (Fsp3) is 0.529. The van der Waals surface area contributed by atoms with Gasteiger partial charge in [-0.1, -0.05) is 0 Å². The molecule has 0 saturated heterocycles. The number of nitriles is 1. The molecule has 28 heavy (non-hydrogen) atoms. The highest BCUT2D eigenvalue weighted by atomic mass is 19.4. The van der Waals surface area contributed by atoms with Crippen LogP contribution in [0.3, 0.4) is 0 Å². The molecule has 1 atom stereocenters. The Labute approximate surface area is 158 Å². The Hall–Kier alpha value is -2.32. The van der Waals surface area contributed by atoms with Crippen LogP contribution in [0.15, 0.2) is 23.2 Å². The van der Waals surface area contributed by atoms with Gasteiger partial charge >= 0.3 is 12.4 Å². The Morgan fingerprint density at radius 3 is 2.25 bits per heavy atom. The van der Waals surface area contributed by atoms with Gasteiger partial charge in [0.05, 0.1) is 22.7 Å². The summed E-state index contributed by atoms with van der Waals surface area (Å²) in [5.41, 5.74) is 2.16. The molecule has 0 spiro atoms. The molecule has 1 unspecified atom stereocenters. The van der Waals surface area contributed by atoms with Crippen molar-refractivity contribution in [2.75, 3.05) is 18.9 Å². The minimum atomic E-state index is -4.76. The van der Waals surface area contributed by atoms with Crippen LogP contribution in [0.5, 0.6) is 0 Å². The van der Waals surface area contributed by atoms with Gasteiger partial charge < -0.3 is 5.32 Å². The maximum Gasteiger partial charge on any atom is 0.417 e. The maximum atomic E-state index is 13.2. The predicted octanol–water partition coefficient (Wildman–Crippen LogP) is 4.23. The van der Waals surface area contributed by atoms with Gasteiger partial charge in [0.25, 0.3) is 0 Å². The smallest absolute Gasteiger partial charge is 0.342 e. The molecule has 0 radical (unpaired) electrons. The number of nitrogens with zero attached hydrogens (tertiary/aromatic N) is 2. The molecule has 0 aliphatic rings. The molecule has 0 aromatic heterocycles. The Morgan fingerprint density at radius 2 is 1.79 bits per heavy atom. The molecule has 0 amide bonds. The van der Waals surface area contributed by atoms with Crippen LogP contribution in [0.4, 0.5) is 32.0 Å². The van der Waals surface area contributed by atoms with Gasteiger partial charge in [-0.2, -0.15) is 31.6 Å². The van der Waals surface area contributed by atoms with Crippen molar-refractivity contribution >= 4 is 11.5 Å². The molecule has 1 aromatic carbocycles. The Bertz CT molecular complexity index is 735. The van der Waals surface area contributed by atoms with Gasteiger partial charge in [0.1, 0.15) is 5.84 Å². The van der Waals surface area contributed by atoms with E-state index in [4.69, 9.17) is 5.26 Å². The zero-order valence-electron chi connectivity index (χ0n) is 15.5. The topological polar surface area (TPSA) is 72.2 Å². The first-order chi connectivity index (χ1) is 12.9. The third-order valence-electron chi connectivity index (χ3n) is 3.86. The largest absolute Gasteiger partial charge is 0.417 e. The molecule has 0 saturated carbocycles. The second kappa shape index (κ2) is 9.25. The normalized spacial score (nSPS) is 15.1. The van der Waals surface area contributed by atoms with Crippen LogP contribution >= 0.6 is 0 Å². The van der Waals surface area contributed by atoms with Gasteiger partial charge in [-0.3, -0.25) is 10.4 Å². The van der Waals surface area contributed by atoms with E-state index in [9.17, 15) is 26.3 Å². The van der Waals surface area contributed by atoms with Gasteiger partial charge in [0, 0.05) is 18.7 Å². The first-order valence-electron chi connectivity index (χ1n) is 8.30. The number of amidine groups is 1. The molecule has 0 bridgehead atoms. The summed E-state index contributed by atoms with van der Waals surface area (Å²) in [5.74, 6) is 0.0337. The first kappa shape index (κ1) is 23.7. The molecule has 1 rings (SSSR count). The Balaban J connectivity index is 3.28. The average molecular weight is 409 g/mol. The molecular formula is C17H21F6N5. The SMILES string of the molecule is CCN=C(Nc1ccc(C#N)c(C(F)(F)F)c1)C(C)(CCC(F)(F)F)NNC. The molecule has 11 heteroatoms. The van der Waals surface area contributed by atoms with Gasteiger partial charge in [-0.05, 0) is 45.5 Å².